The second-order valence-corrected chi connectivity index (χ2v) is 5.73. The van der Waals surface area contributed by atoms with Crippen molar-refractivity contribution < 1.29 is 4.79 Å². The van der Waals surface area contributed by atoms with Crippen LogP contribution in [0.15, 0.2) is 29.6 Å². The fourth-order valence-corrected chi connectivity index (χ4v) is 3.09. The van der Waals surface area contributed by atoms with Crippen molar-refractivity contribution in [2.45, 2.75) is 6.92 Å². The van der Waals surface area contributed by atoms with Gasteiger partial charge < -0.3 is 16.4 Å². The Morgan fingerprint density at radius 1 is 1.43 bits per heavy atom. The van der Waals surface area contributed by atoms with E-state index in [2.05, 4.69) is 10.6 Å². The van der Waals surface area contributed by atoms with Gasteiger partial charge in [0.1, 0.15) is 0 Å². The molecule has 1 aromatic carbocycles. The Morgan fingerprint density at radius 3 is 2.90 bits per heavy atom. The number of rotatable bonds is 2. The molecule has 0 fully saturated rings. The molecule has 2 heterocycles. The normalized spacial score (nSPS) is 14.9. The van der Waals surface area contributed by atoms with Crippen LogP contribution in [0.3, 0.4) is 0 Å². The smallest absolute Gasteiger partial charge is 0.256 e. The minimum Gasteiger partial charge on any atom is -0.370 e. The van der Waals surface area contributed by atoms with Crippen molar-refractivity contribution in [3.05, 3.63) is 45.6 Å². The van der Waals surface area contributed by atoms with Crippen molar-refractivity contribution in [3.8, 4) is 0 Å². The van der Waals surface area contributed by atoms with Crippen molar-refractivity contribution in [2.75, 3.05) is 10.6 Å². The molecule has 21 heavy (non-hydrogen) atoms. The summed E-state index contributed by atoms with van der Waals surface area (Å²) in [5.41, 5.74) is 9.39. The van der Waals surface area contributed by atoms with E-state index in [0.717, 1.165) is 21.7 Å². The van der Waals surface area contributed by atoms with Crippen LogP contribution in [0, 0.1) is 12.3 Å². The van der Waals surface area contributed by atoms with E-state index in [1.54, 1.807) is 23.5 Å². The third kappa shape index (κ3) is 2.53. The molecule has 6 heteroatoms. The predicted molar refractivity (Wildman–Crippen MR) is 87.5 cm³/mol. The fraction of sp³-hybridized carbons (Fsp3) is 0.0667. The monoisotopic (exact) mass is 298 g/mol. The van der Waals surface area contributed by atoms with Crippen LogP contribution in [0.2, 0.25) is 0 Å². The van der Waals surface area contributed by atoms with Crippen LogP contribution in [0.4, 0.5) is 11.4 Å². The van der Waals surface area contributed by atoms with Gasteiger partial charge in [-0.25, -0.2) is 0 Å². The van der Waals surface area contributed by atoms with E-state index < -0.39 is 0 Å². The summed E-state index contributed by atoms with van der Waals surface area (Å²) < 4.78 is 0. The number of amides is 1. The van der Waals surface area contributed by atoms with E-state index in [1.807, 2.05) is 30.5 Å². The lowest BCUT2D eigenvalue weighted by atomic mass is 10.0. The molecule has 0 aliphatic carbocycles. The Kier molecular flexibility index (Phi) is 3.23. The highest BCUT2D eigenvalue weighted by molar-refractivity contribution is 7.11. The second-order valence-electron chi connectivity index (χ2n) is 4.78. The van der Waals surface area contributed by atoms with Crippen molar-refractivity contribution in [3.63, 3.8) is 0 Å². The molecule has 1 aromatic heterocycles. The molecule has 0 radical (unpaired) electrons. The molecule has 1 aliphatic rings. The maximum absolute atomic E-state index is 12.1. The molecule has 2 aromatic rings. The second kappa shape index (κ2) is 5.06. The van der Waals surface area contributed by atoms with Crippen molar-refractivity contribution >= 4 is 46.2 Å². The number of guanidine groups is 1. The lowest BCUT2D eigenvalue weighted by Gasteiger charge is -2.06. The summed E-state index contributed by atoms with van der Waals surface area (Å²) in [4.78, 5) is 13.2. The van der Waals surface area contributed by atoms with Gasteiger partial charge in [0.25, 0.3) is 5.91 Å². The van der Waals surface area contributed by atoms with E-state index in [9.17, 15) is 4.79 Å². The van der Waals surface area contributed by atoms with Gasteiger partial charge in [-0.3, -0.25) is 10.2 Å². The standard InChI is InChI=1S/C15H14N4OS/c1-8-4-5-21-13(8)7-11-10-6-9(18-15(16)17)2-3-12(10)19-14(11)20/h2-7H,1H3,(H,19,20)(H4,16,17,18). The molecular weight excluding hydrogens is 284 g/mol. The van der Waals surface area contributed by atoms with Crippen LogP contribution in [0.1, 0.15) is 16.0 Å². The number of hydrogen-bond acceptors (Lipinski definition) is 3. The number of aryl methyl sites for hydroxylation is 1. The van der Waals surface area contributed by atoms with Crippen LogP contribution in [-0.2, 0) is 4.79 Å². The van der Waals surface area contributed by atoms with Gasteiger partial charge in [0.2, 0.25) is 0 Å². The van der Waals surface area contributed by atoms with Gasteiger partial charge in [0.15, 0.2) is 5.96 Å². The van der Waals surface area contributed by atoms with Crippen molar-refractivity contribution in [2.24, 2.45) is 5.73 Å². The van der Waals surface area contributed by atoms with Gasteiger partial charge in [-0.2, -0.15) is 0 Å². The first-order valence-electron chi connectivity index (χ1n) is 6.37. The minimum atomic E-state index is -0.133. The number of hydrogen-bond donors (Lipinski definition) is 4. The molecule has 5 N–H and O–H groups in total. The summed E-state index contributed by atoms with van der Waals surface area (Å²) in [5.74, 6) is -0.246. The average Bonchev–Trinajstić information content (AvgIpc) is 2.95. The number of thiophene rings is 1. The summed E-state index contributed by atoms with van der Waals surface area (Å²) in [5, 5.41) is 14.9. The number of fused-ring (bicyclic) bond motifs is 1. The Morgan fingerprint density at radius 2 is 2.24 bits per heavy atom. The molecule has 0 atom stereocenters. The van der Waals surface area contributed by atoms with Crippen LogP contribution in [0.25, 0.3) is 11.6 Å². The van der Waals surface area contributed by atoms with E-state index in [4.69, 9.17) is 11.1 Å². The fourth-order valence-electron chi connectivity index (χ4n) is 2.23. The van der Waals surface area contributed by atoms with Gasteiger partial charge in [-0.1, -0.05) is 0 Å². The largest absolute Gasteiger partial charge is 0.370 e. The molecule has 0 unspecified atom stereocenters. The number of carbonyl (C=O) groups excluding carboxylic acids is 1. The molecule has 1 amide bonds. The van der Waals surface area contributed by atoms with Crippen LogP contribution >= 0.6 is 11.3 Å². The number of nitrogens with two attached hydrogens (primary N) is 1. The maximum Gasteiger partial charge on any atom is 0.256 e. The molecule has 0 saturated heterocycles. The molecule has 5 nitrogen and oxygen atoms in total. The Hall–Kier alpha value is -2.60. The van der Waals surface area contributed by atoms with Gasteiger partial charge in [-0.15, -0.1) is 11.3 Å². The Bertz CT molecular complexity index is 776. The van der Waals surface area contributed by atoms with Gasteiger partial charge in [0.05, 0.1) is 5.57 Å². The van der Waals surface area contributed by atoms with Gasteiger partial charge >= 0.3 is 0 Å². The van der Waals surface area contributed by atoms with E-state index in [-0.39, 0.29) is 11.9 Å². The summed E-state index contributed by atoms with van der Waals surface area (Å²) in [7, 11) is 0. The van der Waals surface area contributed by atoms with Crippen LogP contribution in [0.5, 0.6) is 0 Å². The highest BCUT2D eigenvalue weighted by Crippen LogP contribution is 2.36. The molecule has 1 aliphatic heterocycles. The Balaban J connectivity index is 2.05. The number of carbonyl (C=O) groups is 1. The lowest BCUT2D eigenvalue weighted by Crippen LogP contribution is -2.20. The van der Waals surface area contributed by atoms with Crippen molar-refractivity contribution in [1.29, 1.82) is 5.41 Å². The number of benzene rings is 1. The third-order valence-electron chi connectivity index (χ3n) is 3.26. The zero-order valence-corrected chi connectivity index (χ0v) is 12.2. The maximum atomic E-state index is 12.1. The zero-order valence-electron chi connectivity index (χ0n) is 11.4. The van der Waals surface area contributed by atoms with Crippen LogP contribution < -0.4 is 16.4 Å². The quantitative estimate of drug-likeness (QED) is 0.390. The summed E-state index contributed by atoms with van der Waals surface area (Å²) >= 11 is 1.60. The summed E-state index contributed by atoms with van der Waals surface area (Å²) in [6, 6.07) is 7.43. The Labute approximate surface area is 126 Å². The lowest BCUT2D eigenvalue weighted by molar-refractivity contribution is -0.110. The van der Waals surface area contributed by atoms with E-state index >= 15 is 0 Å². The molecule has 0 bridgehead atoms. The number of nitrogens with one attached hydrogen (secondary N) is 3. The molecule has 3 rings (SSSR count). The molecule has 0 spiro atoms. The average molecular weight is 298 g/mol. The topological polar surface area (TPSA) is 91.0 Å². The van der Waals surface area contributed by atoms with E-state index in [0.29, 0.717) is 11.3 Å². The first-order valence-corrected chi connectivity index (χ1v) is 7.25. The minimum absolute atomic E-state index is 0.113. The van der Waals surface area contributed by atoms with Gasteiger partial charge in [-0.05, 0) is 48.2 Å². The molecule has 0 saturated carbocycles. The van der Waals surface area contributed by atoms with E-state index in [1.165, 1.54) is 0 Å². The predicted octanol–water partition coefficient (Wildman–Crippen LogP) is 2.85. The zero-order chi connectivity index (χ0) is 15.0. The summed E-state index contributed by atoms with van der Waals surface area (Å²) in [6.45, 7) is 2.02. The van der Waals surface area contributed by atoms with Crippen molar-refractivity contribution in [1.82, 2.24) is 0 Å². The number of anilines is 2. The third-order valence-corrected chi connectivity index (χ3v) is 4.22. The first-order chi connectivity index (χ1) is 10.0. The SMILES string of the molecule is Cc1ccsc1C=C1C(=O)Nc2ccc(NC(=N)N)cc21. The highest BCUT2D eigenvalue weighted by atomic mass is 32.1. The highest BCUT2D eigenvalue weighted by Gasteiger charge is 2.24. The first kappa shape index (κ1) is 13.4. The molecular formula is C15H14N4OS. The van der Waals surface area contributed by atoms with Gasteiger partial charge in [0, 0.05) is 21.8 Å². The van der Waals surface area contributed by atoms with Crippen LogP contribution in [-0.4, -0.2) is 11.9 Å². The summed E-state index contributed by atoms with van der Waals surface area (Å²) in [6.07, 6.45) is 1.90. The molecule has 106 valence electrons.